The van der Waals surface area contributed by atoms with Crippen molar-refractivity contribution in [3.8, 4) is 0 Å². The fourth-order valence-electron chi connectivity index (χ4n) is 3.31. The Hall–Kier alpha value is -3.06. The van der Waals surface area contributed by atoms with Gasteiger partial charge in [0.25, 0.3) is 11.5 Å². The van der Waals surface area contributed by atoms with Crippen molar-refractivity contribution in [2.24, 2.45) is 0 Å². The van der Waals surface area contributed by atoms with Crippen LogP contribution in [-0.2, 0) is 6.54 Å². The highest BCUT2D eigenvalue weighted by Crippen LogP contribution is 2.27. The normalized spacial score (nSPS) is 11.2. The van der Waals surface area contributed by atoms with E-state index < -0.39 is 0 Å². The zero-order chi connectivity index (χ0) is 20.4. The van der Waals surface area contributed by atoms with Gasteiger partial charge in [-0.2, -0.15) is 5.10 Å². The van der Waals surface area contributed by atoms with Gasteiger partial charge in [0.05, 0.1) is 15.6 Å². The van der Waals surface area contributed by atoms with Crippen molar-refractivity contribution in [3.63, 3.8) is 0 Å². The predicted molar refractivity (Wildman–Crippen MR) is 118 cm³/mol. The molecule has 2 aromatic heterocycles. The summed E-state index contributed by atoms with van der Waals surface area (Å²) in [5.74, 6) is -0.360. The van der Waals surface area contributed by atoms with Crippen molar-refractivity contribution >= 4 is 43.4 Å². The van der Waals surface area contributed by atoms with E-state index in [4.69, 9.17) is 0 Å². The standard InChI is InChI=1S/C22H22N4O2S/c1-3-4-7-12-26-21(28)16-9-6-5-8-15(16)19(25-26)20(27)24-22-23-17-11-10-14(2)13-18(17)29-22/h5-6,8-11,13H,3-4,7,12H2,1-2H3,(H,23,24,27). The first-order valence-corrected chi connectivity index (χ1v) is 10.6. The second kappa shape index (κ2) is 8.13. The van der Waals surface area contributed by atoms with E-state index in [0.717, 1.165) is 35.0 Å². The van der Waals surface area contributed by atoms with E-state index in [1.807, 2.05) is 31.2 Å². The summed E-state index contributed by atoms with van der Waals surface area (Å²) in [5, 5.41) is 8.85. The van der Waals surface area contributed by atoms with Crippen LogP contribution >= 0.6 is 11.3 Å². The molecule has 0 saturated carbocycles. The molecule has 0 fully saturated rings. The highest BCUT2D eigenvalue weighted by atomic mass is 32.1. The molecule has 0 aliphatic heterocycles. The molecule has 2 aromatic carbocycles. The number of nitrogens with zero attached hydrogens (tertiary/aromatic N) is 3. The van der Waals surface area contributed by atoms with E-state index in [9.17, 15) is 9.59 Å². The molecule has 0 saturated heterocycles. The highest BCUT2D eigenvalue weighted by molar-refractivity contribution is 7.22. The van der Waals surface area contributed by atoms with Crippen molar-refractivity contribution in [1.82, 2.24) is 14.8 Å². The van der Waals surface area contributed by atoms with Gasteiger partial charge in [-0.15, -0.1) is 0 Å². The van der Waals surface area contributed by atoms with E-state index in [1.54, 1.807) is 18.2 Å². The fourth-order valence-corrected chi connectivity index (χ4v) is 4.27. The Morgan fingerprint density at radius 3 is 2.72 bits per heavy atom. The smallest absolute Gasteiger partial charge is 0.278 e. The van der Waals surface area contributed by atoms with Crippen LogP contribution in [0.5, 0.6) is 0 Å². The number of amides is 1. The van der Waals surface area contributed by atoms with Crippen molar-refractivity contribution in [2.75, 3.05) is 5.32 Å². The summed E-state index contributed by atoms with van der Waals surface area (Å²) in [6, 6.07) is 13.1. The number of hydrogen-bond donors (Lipinski definition) is 1. The van der Waals surface area contributed by atoms with Crippen LogP contribution in [0.1, 0.15) is 42.2 Å². The van der Waals surface area contributed by atoms with Crippen LogP contribution in [0.4, 0.5) is 5.13 Å². The first kappa shape index (κ1) is 19.3. The van der Waals surface area contributed by atoms with Crippen LogP contribution in [0.3, 0.4) is 0 Å². The van der Waals surface area contributed by atoms with E-state index in [2.05, 4.69) is 22.3 Å². The van der Waals surface area contributed by atoms with Crippen LogP contribution in [0.15, 0.2) is 47.3 Å². The third-order valence-electron chi connectivity index (χ3n) is 4.82. The van der Waals surface area contributed by atoms with Crippen LogP contribution in [-0.4, -0.2) is 20.7 Å². The highest BCUT2D eigenvalue weighted by Gasteiger charge is 2.18. The molecule has 0 radical (unpaired) electrons. The van der Waals surface area contributed by atoms with Crippen LogP contribution < -0.4 is 10.9 Å². The Kier molecular flexibility index (Phi) is 5.40. The number of hydrogen-bond acceptors (Lipinski definition) is 5. The average Bonchev–Trinajstić information content (AvgIpc) is 3.11. The zero-order valence-corrected chi connectivity index (χ0v) is 17.3. The molecule has 7 heteroatoms. The Labute approximate surface area is 172 Å². The Balaban J connectivity index is 1.71. The second-order valence-corrected chi connectivity index (χ2v) is 8.10. The average molecular weight is 407 g/mol. The zero-order valence-electron chi connectivity index (χ0n) is 16.4. The Bertz CT molecular complexity index is 1260. The molecule has 0 bridgehead atoms. The van der Waals surface area contributed by atoms with E-state index in [0.29, 0.717) is 22.4 Å². The number of unbranched alkanes of at least 4 members (excludes halogenated alkanes) is 2. The van der Waals surface area contributed by atoms with Gasteiger partial charge in [0, 0.05) is 11.9 Å². The summed E-state index contributed by atoms with van der Waals surface area (Å²) in [7, 11) is 0. The third-order valence-corrected chi connectivity index (χ3v) is 5.75. The maximum absolute atomic E-state index is 13.0. The predicted octanol–water partition coefficient (Wildman–Crippen LogP) is 4.76. The fraction of sp³-hybridized carbons (Fsp3) is 0.273. The number of aryl methyl sites for hydroxylation is 2. The number of carbonyl (C=O) groups excluding carboxylic acids is 1. The number of rotatable bonds is 6. The van der Waals surface area contributed by atoms with Gasteiger partial charge in [0.2, 0.25) is 0 Å². The lowest BCUT2D eigenvalue weighted by Crippen LogP contribution is -2.27. The van der Waals surface area contributed by atoms with Crippen molar-refractivity contribution in [3.05, 3.63) is 64.1 Å². The minimum absolute atomic E-state index is 0.163. The molecule has 4 aromatic rings. The lowest BCUT2D eigenvalue weighted by Gasteiger charge is -2.10. The summed E-state index contributed by atoms with van der Waals surface area (Å²) < 4.78 is 2.43. The summed E-state index contributed by atoms with van der Waals surface area (Å²) in [4.78, 5) is 30.3. The largest absolute Gasteiger partial charge is 0.296 e. The molecule has 2 heterocycles. The number of benzene rings is 2. The van der Waals surface area contributed by atoms with E-state index in [-0.39, 0.29) is 17.2 Å². The van der Waals surface area contributed by atoms with Gasteiger partial charge in [0.15, 0.2) is 10.8 Å². The van der Waals surface area contributed by atoms with E-state index in [1.165, 1.54) is 16.0 Å². The Morgan fingerprint density at radius 1 is 1.14 bits per heavy atom. The molecule has 0 atom stereocenters. The molecule has 29 heavy (non-hydrogen) atoms. The van der Waals surface area contributed by atoms with Crippen LogP contribution in [0.2, 0.25) is 0 Å². The van der Waals surface area contributed by atoms with E-state index >= 15 is 0 Å². The number of aromatic nitrogens is 3. The molecule has 4 rings (SSSR count). The molecule has 6 nitrogen and oxygen atoms in total. The topological polar surface area (TPSA) is 76.9 Å². The summed E-state index contributed by atoms with van der Waals surface area (Å²) >= 11 is 1.42. The maximum Gasteiger partial charge on any atom is 0.278 e. The molecule has 1 amide bonds. The van der Waals surface area contributed by atoms with Crippen LogP contribution in [0.25, 0.3) is 21.0 Å². The van der Waals surface area contributed by atoms with Gasteiger partial charge >= 0.3 is 0 Å². The Morgan fingerprint density at radius 2 is 1.93 bits per heavy atom. The van der Waals surface area contributed by atoms with Crippen molar-refractivity contribution in [1.29, 1.82) is 0 Å². The third kappa shape index (κ3) is 3.91. The summed E-state index contributed by atoms with van der Waals surface area (Å²) in [6.45, 7) is 4.63. The molecular weight excluding hydrogens is 384 g/mol. The lowest BCUT2D eigenvalue weighted by molar-refractivity contribution is 0.102. The van der Waals surface area contributed by atoms with Gasteiger partial charge < -0.3 is 0 Å². The van der Waals surface area contributed by atoms with Crippen molar-refractivity contribution < 1.29 is 4.79 Å². The molecule has 0 aliphatic rings. The van der Waals surface area contributed by atoms with Gasteiger partial charge in [-0.3, -0.25) is 14.9 Å². The SMILES string of the molecule is CCCCCn1nc(C(=O)Nc2nc3ccc(C)cc3s2)c2ccccc2c1=O. The lowest BCUT2D eigenvalue weighted by atomic mass is 10.1. The van der Waals surface area contributed by atoms with Gasteiger partial charge in [-0.1, -0.05) is 55.4 Å². The molecule has 148 valence electrons. The molecule has 0 spiro atoms. The number of anilines is 1. The minimum atomic E-state index is -0.360. The van der Waals surface area contributed by atoms with Crippen LogP contribution in [0, 0.1) is 6.92 Å². The second-order valence-electron chi connectivity index (χ2n) is 7.07. The first-order valence-electron chi connectivity index (χ1n) is 9.75. The summed E-state index contributed by atoms with van der Waals surface area (Å²) in [5.41, 5.74) is 2.07. The molecule has 1 N–H and O–H groups in total. The first-order chi connectivity index (χ1) is 14.1. The quantitative estimate of drug-likeness (QED) is 0.469. The van der Waals surface area contributed by atoms with Gasteiger partial charge in [-0.25, -0.2) is 9.67 Å². The number of fused-ring (bicyclic) bond motifs is 2. The molecular formula is C22H22N4O2S. The molecule has 0 unspecified atom stereocenters. The van der Waals surface area contributed by atoms with Crippen molar-refractivity contribution in [2.45, 2.75) is 39.7 Å². The minimum Gasteiger partial charge on any atom is -0.296 e. The maximum atomic E-state index is 13.0. The number of thiazole rings is 1. The number of carbonyl (C=O) groups is 1. The van der Waals surface area contributed by atoms with Gasteiger partial charge in [0.1, 0.15) is 0 Å². The molecule has 0 aliphatic carbocycles. The summed E-state index contributed by atoms with van der Waals surface area (Å²) in [6.07, 6.45) is 2.90. The van der Waals surface area contributed by atoms with Gasteiger partial charge in [-0.05, 0) is 37.1 Å². The monoisotopic (exact) mass is 406 g/mol. The number of nitrogens with one attached hydrogen (secondary N) is 1.